The normalized spacial score (nSPS) is 18.9. The van der Waals surface area contributed by atoms with Crippen LogP contribution in [0.2, 0.25) is 0 Å². The van der Waals surface area contributed by atoms with Crippen molar-refractivity contribution in [3.8, 4) is 0 Å². The van der Waals surface area contributed by atoms with Crippen LogP contribution in [0, 0.1) is 26.7 Å². The van der Waals surface area contributed by atoms with Gasteiger partial charge in [-0.15, -0.1) is 0 Å². The van der Waals surface area contributed by atoms with Crippen LogP contribution in [-0.2, 0) is 11.2 Å². The molecule has 1 aromatic heterocycles. The molecule has 1 aromatic carbocycles. The Hall–Kier alpha value is -1.81. The molecule has 1 N–H and O–H groups in total. The van der Waals surface area contributed by atoms with Crippen LogP contribution in [-0.4, -0.2) is 53.4 Å². The van der Waals surface area contributed by atoms with Crippen molar-refractivity contribution in [2.24, 2.45) is 5.92 Å². The van der Waals surface area contributed by atoms with Crippen LogP contribution in [0.25, 0.3) is 10.9 Å². The number of H-pyrrole nitrogens is 1. The lowest BCUT2D eigenvalue weighted by Crippen LogP contribution is -2.49. The minimum Gasteiger partial charge on any atom is -0.358 e. The molecule has 25 heavy (non-hydrogen) atoms. The second-order valence-electron chi connectivity index (χ2n) is 7.98. The summed E-state index contributed by atoms with van der Waals surface area (Å²) in [7, 11) is 0. The minimum absolute atomic E-state index is 0.274. The Kier molecular flexibility index (Phi) is 4.32. The van der Waals surface area contributed by atoms with Gasteiger partial charge in [-0.3, -0.25) is 9.69 Å². The van der Waals surface area contributed by atoms with E-state index < -0.39 is 0 Å². The minimum atomic E-state index is 0.274. The Morgan fingerprint density at radius 2 is 1.76 bits per heavy atom. The number of amides is 1. The molecule has 1 amide bonds. The SMILES string of the molecule is Cc1[nH]c2c(C)ccc(C)c2c1CC(=O)N1CCN(CC2CC2)CC1. The fourth-order valence-electron chi connectivity index (χ4n) is 4.14. The molecule has 2 heterocycles. The van der Waals surface area contributed by atoms with Crippen LogP contribution >= 0.6 is 0 Å². The number of aromatic amines is 1. The average Bonchev–Trinajstić information content (AvgIpc) is 3.35. The van der Waals surface area contributed by atoms with Crippen LogP contribution in [0.1, 0.15) is 35.2 Å². The Morgan fingerprint density at radius 3 is 2.44 bits per heavy atom. The highest BCUT2D eigenvalue weighted by Crippen LogP contribution is 2.30. The van der Waals surface area contributed by atoms with Gasteiger partial charge in [-0.1, -0.05) is 12.1 Å². The zero-order valence-corrected chi connectivity index (χ0v) is 15.7. The largest absolute Gasteiger partial charge is 0.358 e. The second kappa shape index (κ2) is 6.49. The third-order valence-electron chi connectivity index (χ3n) is 5.96. The molecule has 1 aliphatic heterocycles. The Labute approximate surface area is 150 Å². The maximum Gasteiger partial charge on any atom is 0.227 e. The van der Waals surface area contributed by atoms with Gasteiger partial charge in [0.15, 0.2) is 0 Å². The van der Waals surface area contributed by atoms with Crippen molar-refractivity contribution in [2.45, 2.75) is 40.0 Å². The summed E-state index contributed by atoms with van der Waals surface area (Å²) in [6.45, 7) is 11.4. The first-order valence-corrected chi connectivity index (χ1v) is 9.60. The van der Waals surface area contributed by atoms with Gasteiger partial charge in [0.1, 0.15) is 0 Å². The van der Waals surface area contributed by atoms with E-state index in [1.165, 1.54) is 47.0 Å². The second-order valence-corrected chi connectivity index (χ2v) is 7.98. The molecule has 0 atom stereocenters. The smallest absolute Gasteiger partial charge is 0.227 e. The molecular formula is C21H29N3O. The van der Waals surface area contributed by atoms with Gasteiger partial charge in [-0.2, -0.15) is 0 Å². The lowest BCUT2D eigenvalue weighted by Gasteiger charge is -2.35. The molecule has 1 saturated carbocycles. The van der Waals surface area contributed by atoms with Crippen molar-refractivity contribution < 1.29 is 4.79 Å². The molecule has 0 bridgehead atoms. The third kappa shape index (κ3) is 3.32. The van der Waals surface area contributed by atoms with Crippen LogP contribution in [0.15, 0.2) is 12.1 Å². The topological polar surface area (TPSA) is 39.3 Å². The van der Waals surface area contributed by atoms with E-state index in [1.54, 1.807) is 0 Å². The number of aryl methyl sites for hydroxylation is 3. The Morgan fingerprint density at radius 1 is 1.08 bits per heavy atom. The van der Waals surface area contributed by atoms with E-state index in [9.17, 15) is 4.79 Å². The number of carbonyl (C=O) groups is 1. The van der Waals surface area contributed by atoms with Gasteiger partial charge in [0.2, 0.25) is 5.91 Å². The highest BCUT2D eigenvalue weighted by Gasteiger charge is 2.28. The van der Waals surface area contributed by atoms with E-state index in [0.29, 0.717) is 6.42 Å². The van der Waals surface area contributed by atoms with Crippen molar-refractivity contribution in [3.63, 3.8) is 0 Å². The van der Waals surface area contributed by atoms with Gasteiger partial charge in [0, 0.05) is 49.3 Å². The zero-order valence-electron chi connectivity index (χ0n) is 15.7. The summed E-state index contributed by atoms with van der Waals surface area (Å²) >= 11 is 0. The molecule has 4 heteroatoms. The number of nitrogens with zero attached hydrogens (tertiary/aromatic N) is 2. The first-order chi connectivity index (χ1) is 12.0. The number of hydrogen-bond donors (Lipinski definition) is 1. The predicted molar refractivity (Wildman–Crippen MR) is 102 cm³/mol. The zero-order chi connectivity index (χ0) is 17.6. The number of aromatic nitrogens is 1. The molecule has 2 fully saturated rings. The molecule has 1 aliphatic carbocycles. The van der Waals surface area contributed by atoms with Gasteiger partial charge in [0.05, 0.1) is 6.42 Å². The molecule has 4 rings (SSSR count). The van der Waals surface area contributed by atoms with Crippen LogP contribution in [0.4, 0.5) is 0 Å². The molecule has 0 radical (unpaired) electrons. The number of benzene rings is 1. The standard InChI is InChI=1S/C21H29N3O/c1-14-4-5-15(2)21-20(14)18(16(3)22-21)12-19(25)24-10-8-23(9-11-24)13-17-6-7-17/h4-5,17,22H,6-13H2,1-3H3. The van der Waals surface area contributed by atoms with Crippen LogP contribution in [0.5, 0.6) is 0 Å². The summed E-state index contributed by atoms with van der Waals surface area (Å²) in [4.78, 5) is 21.0. The summed E-state index contributed by atoms with van der Waals surface area (Å²) < 4.78 is 0. The average molecular weight is 339 g/mol. The number of fused-ring (bicyclic) bond motifs is 1. The fourth-order valence-corrected chi connectivity index (χ4v) is 4.14. The van der Waals surface area contributed by atoms with Gasteiger partial charge in [-0.05, 0) is 56.2 Å². The summed E-state index contributed by atoms with van der Waals surface area (Å²) in [6.07, 6.45) is 3.31. The first kappa shape index (κ1) is 16.6. The summed E-state index contributed by atoms with van der Waals surface area (Å²) in [5, 5.41) is 1.25. The predicted octanol–water partition coefficient (Wildman–Crippen LogP) is 3.19. The van der Waals surface area contributed by atoms with Crippen molar-refractivity contribution in [1.29, 1.82) is 0 Å². The van der Waals surface area contributed by atoms with E-state index in [1.807, 2.05) is 0 Å². The summed E-state index contributed by atoms with van der Waals surface area (Å²) in [6, 6.07) is 4.31. The van der Waals surface area contributed by atoms with Crippen molar-refractivity contribution >= 4 is 16.8 Å². The molecule has 1 saturated heterocycles. The van der Waals surface area contributed by atoms with E-state index >= 15 is 0 Å². The number of rotatable bonds is 4. The highest BCUT2D eigenvalue weighted by molar-refractivity contribution is 5.93. The number of hydrogen-bond acceptors (Lipinski definition) is 2. The van der Waals surface area contributed by atoms with Crippen LogP contribution in [0.3, 0.4) is 0 Å². The van der Waals surface area contributed by atoms with Gasteiger partial charge in [0.25, 0.3) is 0 Å². The molecule has 2 aromatic rings. The molecule has 0 unspecified atom stereocenters. The van der Waals surface area contributed by atoms with Gasteiger partial charge in [-0.25, -0.2) is 0 Å². The third-order valence-corrected chi connectivity index (χ3v) is 5.96. The van der Waals surface area contributed by atoms with Crippen LogP contribution < -0.4 is 0 Å². The molecular weight excluding hydrogens is 310 g/mol. The van der Waals surface area contributed by atoms with Crippen molar-refractivity contribution in [1.82, 2.24) is 14.8 Å². The fraction of sp³-hybridized carbons (Fsp3) is 0.571. The lowest BCUT2D eigenvalue weighted by atomic mass is 10.0. The van der Waals surface area contributed by atoms with E-state index in [0.717, 1.165) is 37.8 Å². The lowest BCUT2D eigenvalue weighted by molar-refractivity contribution is -0.132. The number of carbonyl (C=O) groups excluding carboxylic acids is 1. The monoisotopic (exact) mass is 339 g/mol. The number of piperazine rings is 1. The Balaban J connectivity index is 1.47. The van der Waals surface area contributed by atoms with E-state index in [-0.39, 0.29) is 5.91 Å². The molecule has 4 nitrogen and oxygen atoms in total. The van der Waals surface area contributed by atoms with Crippen molar-refractivity contribution in [2.75, 3.05) is 32.7 Å². The maximum atomic E-state index is 12.9. The first-order valence-electron chi connectivity index (χ1n) is 9.60. The van der Waals surface area contributed by atoms with E-state index in [2.05, 4.69) is 47.7 Å². The van der Waals surface area contributed by atoms with Gasteiger partial charge < -0.3 is 9.88 Å². The highest BCUT2D eigenvalue weighted by atomic mass is 16.2. The molecule has 134 valence electrons. The summed E-state index contributed by atoms with van der Waals surface area (Å²) in [5.41, 5.74) is 6.00. The molecule has 2 aliphatic rings. The van der Waals surface area contributed by atoms with E-state index in [4.69, 9.17) is 0 Å². The quantitative estimate of drug-likeness (QED) is 0.929. The number of nitrogens with one attached hydrogen (secondary N) is 1. The summed E-state index contributed by atoms with van der Waals surface area (Å²) in [5.74, 6) is 1.21. The Bertz CT molecular complexity index is 795. The van der Waals surface area contributed by atoms with Gasteiger partial charge >= 0.3 is 0 Å². The van der Waals surface area contributed by atoms with Crippen molar-refractivity contribution in [3.05, 3.63) is 34.5 Å². The molecule has 0 spiro atoms. The maximum absolute atomic E-state index is 12.9.